The van der Waals surface area contributed by atoms with Crippen molar-refractivity contribution in [2.24, 2.45) is 11.1 Å². The van der Waals surface area contributed by atoms with E-state index in [1.165, 1.54) is 4.90 Å². The Morgan fingerprint density at radius 3 is 2.56 bits per heavy atom. The largest absolute Gasteiger partial charge is 0.480 e. The predicted octanol–water partition coefficient (Wildman–Crippen LogP) is 0.191. The highest BCUT2D eigenvalue weighted by Gasteiger charge is 2.52. The molecule has 0 radical (unpaired) electrons. The summed E-state index contributed by atoms with van der Waals surface area (Å²) in [4.78, 5) is 24.8. The van der Waals surface area contributed by atoms with E-state index in [-0.39, 0.29) is 5.91 Å². The lowest BCUT2D eigenvalue weighted by Crippen LogP contribution is -2.51. The molecule has 1 unspecified atom stereocenters. The van der Waals surface area contributed by atoms with Crippen LogP contribution in [0, 0.1) is 5.41 Å². The van der Waals surface area contributed by atoms with Crippen molar-refractivity contribution in [3.8, 4) is 0 Å². The van der Waals surface area contributed by atoms with Gasteiger partial charge in [0.1, 0.15) is 6.04 Å². The number of likely N-dealkylation sites (tertiary alicyclic amines) is 1. The van der Waals surface area contributed by atoms with Gasteiger partial charge in [0.05, 0.1) is 5.41 Å². The molecular formula is C11H18N2O3. The van der Waals surface area contributed by atoms with Gasteiger partial charge in [-0.2, -0.15) is 0 Å². The third-order valence-corrected chi connectivity index (χ3v) is 3.75. The van der Waals surface area contributed by atoms with Crippen molar-refractivity contribution in [2.75, 3.05) is 13.1 Å². The van der Waals surface area contributed by atoms with Crippen LogP contribution in [0.2, 0.25) is 0 Å². The fourth-order valence-corrected chi connectivity index (χ4v) is 2.39. The second-order valence-corrected chi connectivity index (χ2v) is 4.83. The number of hydrogen-bond donors (Lipinski definition) is 2. The maximum absolute atomic E-state index is 12.2. The molecule has 2 rings (SSSR count). The minimum atomic E-state index is -0.888. The van der Waals surface area contributed by atoms with E-state index in [2.05, 4.69) is 0 Å². The van der Waals surface area contributed by atoms with E-state index in [1.54, 1.807) is 0 Å². The van der Waals surface area contributed by atoms with Gasteiger partial charge in [0, 0.05) is 13.1 Å². The summed E-state index contributed by atoms with van der Waals surface area (Å²) in [6.07, 6.45) is 3.98. The summed E-state index contributed by atoms with van der Waals surface area (Å²) in [7, 11) is 0. The Hall–Kier alpha value is -1.10. The molecule has 1 aliphatic heterocycles. The van der Waals surface area contributed by atoms with Crippen LogP contribution in [0.25, 0.3) is 0 Å². The number of aliphatic carboxylic acids is 1. The van der Waals surface area contributed by atoms with Crippen LogP contribution in [0.1, 0.15) is 32.1 Å². The zero-order valence-corrected chi connectivity index (χ0v) is 9.32. The number of piperidine rings is 1. The monoisotopic (exact) mass is 226 g/mol. The van der Waals surface area contributed by atoms with E-state index in [4.69, 9.17) is 10.8 Å². The van der Waals surface area contributed by atoms with Gasteiger partial charge in [0.15, 0.2) is 0 Å². The SMILES string of the molecule is NCC1(C(=O)N2CCCCC2C(=O)O)CC1. The van der Waals surface area contributed by atoms with E-state index >= 15 is 0 Å². The molecule has 0 aromatic carbocycles. The Bertz CT molecular complexity index is 312. The lowest BCUT2D eigenvalue weighted by Gasteiger charge is -2.35. The summed E-state index contributed by atoms with van der Waals surface area (Å²) in [5.41, 5.74) is 5.18. The molecule has 3 N–H and O–H groups in total. The molecule has 1 atom stereocenters. The number of nitrogens with zero attached hydrogens (tertiary/aromatic N) is 1. The first-order valence-electron chi connectivity index (χ1n) is 5.85. The van der Waals surface area contributed by atoms with Crippen LogP contribution in [0.15, 0.2) is 0 Å². The molecule has 1 amide bonds. The number of carboxylic acids is 1. The Morgan fingerprint density at radius 1 is 1.38 bits per heavy atom. The first-order valence-corrected chi connectivity index (χ1v) is 5.85. The van der Waals surface area contributed by atoms with Crippen molar-refractivity contribution in [3.05, 3.63) is 0 Å². The van der Waals surface area contributed by atoms with Crippen LogP contribution < -0.4 is 5.73 Å². The number of rotatable bonds is 3. The van der Waals surface area contributed by atoms with Gasteiger partial charge in [-0.3, -0.25) is 4.79 Å². The Balaban J connectivity index is 2.11. The minimum absolute atomic E-state index is 0.0397. The smallest absolute Gasteiger partial charge is 0.326 e. The van der Waals surface area contributed by atoms with Gasteiger partial charge < -0.3 is 15.7 Å². The predicted molar refractivity (Wildman–Crippen MR) is 57.7 cm³/mol. The molecule has 2 fully saturated rings. The van der Waals surface area contributed by atoms with Crippen molar-refractivity contribution in [3.63, 3.8) is 0 Å². The highest BCUT2D eigenvalue weighted by molar-refractivity contribution is 5.89. The third-order valence-electron chi connectivity index (χ3n) is 3.75. The quantitative estimate of drug-likeness (QED) is 0.719. The van der Waals surface area contributed by atoms with E-state index in [1.807, 2.05) is 0 Å². The minimum Gasteiger partial charge on any atom is -0.480 e. The van der Waals surface area contributed by atoms with E-state index in [9.17, 15) is 9.59 Å². The van der Waals surface area contributed by atoms with E-state index in [0.717, 1.165) is 25.7 Å². The molecule has 0 bridgehead atoms. The van der Waals surface area contributed by atoms with Crippen LogP contribution in [0.4, 0.5) is 0 Å². The molecule has 1 aliphatic carbocycles. The summed E-state index contributed by atoms with van der Waals surface area (Å²) < 4.78 is 0. The average Bonchev–Trinajstić information content (AvgIpc) is 3.09. The van der Waals surface area contributed by atoms with Gasteiger partial charge in [-0.1, -0.05) is 0 Å². The molecule has 0 spiro atoms. The molecular weight excluding hydrogens is 208 g/mol. The van der Waals surface area contributed by atoms with Gasteiger partial charge in [-0.05, 0) is 32.1 Å². The number of amides is 1. The molecule has 0 aromatic heterocycles. The highest BCUT2D eigenvalue weighted by atomic mass is 16.4. The van der Waals surface area contributed by atoms with E-state index < -0.39 is 17.4 Å². The first kappa shape index (κ1) is 11.4. The van der Waals surface area contributed by atoms with Crippen LogP contribution in [-0.2, 0) is 9.59 Å². The number of carbonyl (C=O) groups excluding carboxylic acids is 1. The second-order valence-electron chi connectivity index (χ2n) is 4.83. The molecule has 5 nitrogen and oxygen atoms in total. The zero-order chi connectivity index (χ0) is 11.8. The first-order chi connectivity index (χ1) is 7.60. The molecule has 1 saturated carbocycles. The fraction of sp³-hybridized carbons (Fsp3) is 0.818. The van der Waals surface area contributed by atoms with Crippen LogP contribution in [0.5, 0.6) is 0 Å². The molecule has 1 heterocycles. The third kappa shape index (κ3) is 1.80. The van der Waals surface area contributed by atoms with Crippen molar-refractivity contribution in [2.45, 2.75) is 38.1 Å². The second kappa shape index (κ2) is 4.05. The molecule has 2 aliphatic rings. The number of nitrogens with two attached hydrogens (primary N) is 1. The number of hydrogen-bond acceptors (Lipinski definition) is 3. The van der Waals surface area contributed by atoms with E-state index in [0.29, 0.717) is 19.5 Å². The van der Waals surface area contributed by atoms with Crippen molar-refractivity contribution >= 4 is 11.9 Å². The van der Waals surface area contributed by atoms with Gasteiger partial charge in [-0.15, -0.1) is 0 Å². The maximum Gasteiger partial charge on any atom is 0.326 e. The van der Waals surface area contributed by atoms with Gasteiger partial charge >= 0.3 is 5.97 Å². The summed E-state index contributed by atoms with van der Waals surface area (Å²) >= 11 is 0. The normalized spacial score (nSPS) is 27.6. The Labute approximate surface area is 94.6 Å². The van der Waals surface area contributed by atoms with Crippen molar-refractivity contribution in [1.82, 2.24) is 4.90 Å². The fourth-order valence-electron chi connectivity index (χ4n) is 2.39. The lowest BCUT2D eigenvalue weighted by atomic mass is 9.98. The standard InChI is InChI=1S/C11H18N2O3/c12-7-11(4-5-11)10(16)13-6-2-1-3-8(13)9(14)15/h8H,1-7,12H2,(H,14,15). The zero-order valence-electron chi connectivity index (χ0n) is 9.32. The molecule has 90 valence electrons. The van der Waals surface area contributed by atoms with Crippen LogP contribution in [-0.4, -0.2) is 41.0 Å². The summed E-state index contributed by atoms with van der Waals surface area (Å²) in [6, 6.07) is -0.634. The number of carbonyl (C=O) groups is 2. The molecule has 5 heteroatoms. The molecule has 0 aromatic rings. The number of carboxylic acid groups (broad SMARTS) is 1. The van der Waals surface area contributed by atoms with Gasteiger partial charge in [0.25, 0.3) is 0 Å². The summed E-state index contributed by atoms with van der Waals surface area (Å²) in [5, 5.41) is 9.09. The van der Waals surface area contributed by atoms with Crippen molar-refractivity contribution < 1.29 is 14.7 Å². The Morgan fingerprint density at radius 2 is 2.06 bits per heavy atom. The van der Waals surface area contributed by atoms with Crippen LogP contribution >= 0.6 is 0 Å². The molecule has 1 saturated heterocycles. The summed E-state index contributed by atoms with van der Waals surface area (Å²) in [6.45, 7) is 0.909. The highest BCUT2D eigenvalue weighted by Crippen LogP contribution is 2.46. The average molecular weight is 226 g/mol. The van der Waals surface area contributed by atoms with Gasteiger partial charge in [-0.25, -0.2) is 4.79 Å². The van der Waals surface area contributed by atoms with Gasteiger partial charge in [0.2, 0.25) is 5.91 Å². The maximum atomic E-state index is 12.2. The topological polar surface area (TPSA) is 83.6 Å². The van der Waals surface area contributed by atoms with Crippen molar-refractivity contribution in [1.29, 1.82) is 0 Å². The Kier molecular flexibility index (Phi) is 2.88. The summed E-state index contributed by atoms with van der Waals surface area (Å²) in [5.74, 6) is -0.928. The molecule has 16 heavy (non-hydrogen) atoms. The lowest BCUT2D eigenvalue weighted by molar-refractivity contribution is -0.154. The van der Waals surface area contributed by atoms with Crippen LogP contribution in [0.3, 0.4) is 0 Å².